The van der Waals surface area contributed by atoms with Gasteiger partial charge in [-0.3, -0.25) is 9.69 Å². The molecule has 9 heteroatoms. The number of carbonyl (C=O) groups is 1. The Morgan fingerprint density at radius 3 is 2.58 bits per heavy atom. The summed E-state index contributed by atoms with van der Waals surface area (Å²) in [5.41, 5.74) is 2.08. The van der Waals surface area contributed by atoms with Gasteiger partial charge in [-0.1, -0.05) is 25.1 Å². The van der Waals surface area contributed by atoms with E-state index in [0.717, 1.165) is 23.9 Å². The molecule has 1 heterocycles. The Bertz CT molecular complexity index is 1180. The van der Waals surface area contributed by atoms with Gasteiger partial charge in [0, 0.05) is 30.4 Å². The fourth-order valence-corrected chi connectivity index (χ4v) is 4.06. The molecule has 0 aliphatic heterocycles. The lowest BCUT2D eigenvalue weighted by Crippen LogP contribution is -2.40. The van der Waals surface area contributed by atoms with Crippen LogP contribution in [0.25, 0.3) is 5.69 Å². The van der Waals surface area contributed by atoms with Crippen LogP contribution >= 0.6 is 0 Å². The van der Waals surface area contributed by atoms with Gasteiger partial charge < -0.3 is 14.6 Å². The maximum atomic E-state index is 13.0. The molecule has 194 valence electrons. The average molecular weight is 503 g/mol. The van der Waals surface area contributed by atoms with Crippen LogP contribution in [-0.2, 0) is 12.7 Å². The van der Waals surface area contributed by atoms with Crippen LogP contribution in [0.15, 0.2) is 55.0 Å². The zero-order chi connectivity index (χ0) is 26.5. The summed E-state index contributed by atoms with van der Waals surface area (Å²) in [6.45, 7) is 6.28. The van der Waals surface area contributed by atoms with Crippen LogP contribution in [0.2, 0.25) is 0 Å². The van der Waals surface area contributed by atoms with Crippen molar-refractivity contribution in [3.05, 3.63) is 77.4 Å². The molecule has 0 saturated heterocycles. The number of methoxy groups -OCH3 is 1. The van der Waals surface area contributed by atoms with Gasteiger partial charge in [0.15, 0.2) is 0 Å². The van der Waals surface area contributed by atoms with E-state index in [1.54, 1.807) is 31.6 Å². The van der Waals surface area contributed by atoms with E-state index < -0.39 is 11.7 Å². The highest BCUT2D eigenvalue weighted by Crippen LogP contribution is 2.30. The molecule has 0 saturated carbocycles. The largest absolute Gasteiger partial charge is 0.495 e. The third-order valence-electron chi connectivity index (χ3n) is 6.32. The first-order valence-electron chi connectivity index (χ1n) is 11.9. The van der Waals surface area contributed by atoms with Crippen molar-refractivity contribution < 1.29 is 22.7 Å². The summed E-state index contributed by atoms with van der Waals surface area (Å²) in [5.74, 6) is 0.350. The van der Waals surface area contributed by atoms with Gasteiger partial charge in [0.2, 0.25) is 0 Å². The summed E-state index contributed by atoms with van der Waals surface area (Å²) in [6, 6.07) is 10.6. The summed E-state index contributed by atoms with van der Waals surface area (Å²) in [6.07, 6.45) is 0.577. The van der Waals surface area contributed by atoms with Crippen LogP contribution in [0.5, 0.6) is 5.75 Å². The number of carbonyl (C=O) groups excluding carboxylic acids is 1. The Labute approximate surface area is 210 Å². The number of alkyl halides is 3. The lowest BCUT2D eigenvalue weighted by atomic mass is 10.0. The first-order chi connectivity index (χ1) is 17.0. The number of imidazole rings is 1. The minimum atomic E-state index is -4.36. The molecule has 0 aliphatic carbocycles. The molecule has 0 unspecified atom stereocenters. The highest BCUT2D eigenvalue weighted by Gasteiger charge is 2.30. The lowest BCUT2D eigenvalue weighted by molar-refractivity contribution is -0.137. The normalized spacial score (nSPS) is 13.5. The molecule has 0 spiro atoms. The Morgan fingerprint density at radius 2 is 1.97 bits per heavy atom. The van der Waals surface area contributed by atoms with E-state index in [4.69, 9.17) is 4.74 Å². The first-order valence-corrected chi connectivity index (χ1v) is 11.9. The van der Waals surface area contributed by atoms with E-state index in [9.17, 15) is 18.0 Å². The topological polar surface area (TPSA) is 59.4 Å². The van der Waals surface area contributed by atoms with Crippen molar-refractivity contribution in [2.75, 3.05) is 14.2 Å². The maximum Gasteiger partial charge on any atom is 0.416 e. The van der Waals surface area contributed by atoms with Gasteiger partial charge in [0.1, 0.15) is 5.75 Å². The zero-order valence-electron chi connectivity index (χ0n) is 21.3. The third-order valence-corrected chi connectivity index (χ3v) is 6.32. The van der Waals surface area contributed by atoms with Crippen LogP contribution in [0, 0.1) is 6.92 Å². The van der Waals surface area contributed by atoms with E-state index in [-0.39, 0.29) is 18.0 Å². The molecule has 1 aromatic heterocycles. The minimum absolute atomic E-state index is 0.0335. The van der Waals surface area contributed by atoms with Crippen molar-refractivity contribution in [3.8, 4) is 11.4 Å². The quantitative estimate of drug-likeness (QED) is 0.391. The number of halogens is 3. The van der Waals surface area contributed by atoms with Gasteiger partial charge >= 0.3 is 6.18 Å². The Morgan fingerprint density at radius 1 is 1.22 bits per heavy atom. The van der Waals surface area contributed by atoms with Gasteiger partial charge in [0.05, 0.1) is 30.4 Å². The molecular weight excluding hydrogens is 469 g/mol. The smallest absolute Gasteiger partial charge is 0.416 e. The molecule has 0 bridgehead atoms. The van der Waals surface area contributed by atoms with Crippen LogP contribution in [0.3, 0.4) is 0 Å². The lowest BCUT2D eigenvalue weighted by Gasteiger charge is -2.29. The van der Waals surface area contributed by atoms with Crippen molar-refractivity contribution in [2.45, 2.75) is 58.4 Å². The molecule has 2 atom stereocenters. The van der Waals surface area contributed by atoms with E-state index in [2.05, 4.69) is 10.3 Å². The third kappa shape index (κ3) is 6.87. The number of hydrogen-bond acceptors (Lipinski definition) is 4. The molecular formula is C27H33F3N4O2. The summed E-state index contributed by atoms with van der Waals surface area (Å²) in [7, 11) is 3.43. The number of nitrogens with zero attached hydrogens (tertiary/aromatic N) is 3. The number of nitrogens with one attached hydrogen (secondary N) is 1. The fourth-order valence-electron chi connectivity index (χ4n) is 4.06. The van der Waals surface area contributed by atoms with Crippen molar-refractivity contribution in [3.63, 3.8) is 0 Å². The number of amides is 1. The second-order valence-electron chi connectivity index (χ2n) is 9.09. The van der Waals surface area contributed by atoms with E-state index in [1.165, 1.54) is 12.1 Å². The number of aryl methyl sites for hydroxylation is 1. The number of aromatic nitrogens is 2. The van der Waals surface area contributed by atoms with Gasteiger partial charge in [-0.05, 0) is 63.6 Å². The Kier molecular flexibility index (Phi) is 8.79. The molecule has 6 nitrogen and oxygen atoms in total. The molecule has 0 fully saturated rings. The summed E-state index contributed by atoms with van der Waals surface area (Å²) in [5, 5.41) is 3.09. The van der Waals surface area contributed by atoms with Gasteiger partial charge in [-0.15, -0.1) is 0 Å². The number of rotatable bonds is 10. The Hall–Kier alpha value is -3.33. The molecule has 3 aromatic rings. The SMILES string of the molecule is CC[C@@H](C[C@H](C)N(C)Cc1cccc(C(F)(F)F)c1)NC(=O)c1ccc(-n2cnc(C)c2)c(OC)c1. The number of hydrogen-bond donors (Lipinski definition) is 1. The van der Waals surface area contributed by atoms with Crippen LogP contribution in [0.1, 0.15) is 53.9 Å². The molecule has 2 aromatic carbocycles. The zero-order valence-corrected chi connectivity index (χ0v) is 21.3. The second-order valence-corrected chi connectivity index (χ2v) is 9.09. The van der Waals surface area contributed by atoms with Crippen LogP contribution < -0.4 is 10.1 Å². The number of ether oxygens (including phenoxy) is 1. The van der Waals surface area contributed by atoms with Gasteiger partial charge in [-0.25, -0.2) is 4.98 Å². The highest BCUT2D eigenvalue weighted by molar-refractivity contribution is 5.95. The van der Waals surface area contributed by atoms with Gasteiger partial charge in [-0.2, -0.15) is 13.2 Å². The molecule has 1 amide bonds. The minimum Gasteiger partial charge on any atom is -0.495 e. The Balaban J connectivity index is 1.63. The van der Waals surface area contributed by atoms with Crippen molar-refractivity contribution >= 4 is 5.91 Å². The molecule has 1 N–H and O–H groups in total. The van der Waals surface area contributed by atoms with Crippen LogP contribution in [0.4, 0.5) is 13.2 Å². The monoisotopic (exact) mass is 502 g/mol. The maximum absolute atomic E-state index is 13.0. The molecule has 3 rings (SSSR count). The first kappa shape index (κ1) is 27.3. The van der Waals surface area contributed by atoms with Crippen molar-refractivity contribution in [1.29, 1.82) is 0 Å². The number of benzene rings is 2. The summed E-state index contributed by atoms with van der Waals surface area (Å²) >= 11 is 0. The van der Waals surface area contributed by atoms with Gasteiger partial charge in [0.25, 0.3) is 5.91 Å². The van der Waals surface area contributed by atoms with Crippen molar-refractivity contribution in [2.24, 2.45) is 0 Å². The highest BCUT2D eigenvalue weighted by atomic mass is 19.4. The van der Waals surface area contributed by atoms with Crippen LogP contribution in [-0.4, -0.2) is 46.6 Å². The average Bonchev–Trinajstić information content (AvgIpc) is 3.28. The summed E-state index contributed by atoms with van der Waals surface area (Å²) in [4.78, 5) is 19.2. The second kappa shape index (κ2) is 11.6. The molecule has 0 aliphatic rings. The molecule has 36 heavy (non-hydrogen) atoms. The van der Waals surface area contributed by atoms with E-state index in [1.807, 2.05) is 49.5 Å². The fraction of sp³-hybridized carbons (Fsp3) is 0.407. The predicted molar refractivity (Wildman–Crippen MR) is 133 cm³/mol. The molecule has 0 radical (unpaired) electrons. The van der Waals surface area contributed by atoms with Crippen molar-refractivity contribution in [1.82, 2.24) is 19.8 Å². The van der Waals surface area contributed by atoms with E-state index in [0.29, 0.717) is 29.8 Å². The standard InChI is InChI=1S/C27H33F3N4O2/c1-6-23(12-19(3)33(4)16-20-8-7-9-22(13-20)27(28,29)30)32-26(35)21-10-11-24(25(14-21)36-5)34-15-18(2)31-17-34/h7-11,13-15,17,19,23H,6,12,16H2,1-5H3,(H,32,35)/t19-,23-/m0/s1. The summed E-state index contributed by atoms with van der Waals surface area (Å²) < 4.78 is 46.5. The van der Waals surface area contributed by atoms with E-state index >= 15 is 0 Å². The predicted octanol–water partition coefficient (Wildman–Crippen LogP) is 5.63.